The van der Waals surface area contributed by atoms with Crippen LogP contribution in [0.15, 0.2) is 36.9 Å². The number of carbonyl (C=O) groups excluding carboxylic acids is 1. The van der Waals surface area contributed by atoms with Gasteiger partial charge in [-0.25, -0.2) is 0 Å². The highest BCUT2D eigenvalue weighted by molar-refractivity contribution is 5.94. The standard InChI is InChI=1S/C15H19N5O2/c1-19-5-6-22-14(9-19)8-16-15(21)12-3-2-4-13(7-12)20-10-17-18-11-20/h2-4,7,10-11,14H,5-6,8-9H2,1H3,(H,16,21)/t14-/m1/s1. The van der Waals surface area contributed by atoms with E-state index >= 15 is 0 Å². The Kier molecular flexibility index (Phi) is 4.45. The molecule has 0 aliphatic carbocycles. The summed E-state index contributed by atoms with van der Waals surface area (Å²) in [6.45, 7) is 2.99. The summed E-state index contributed by atoms with van der Waals surface area (Å²) in [6, 6.07) is 7.35. The maximum atomic E-state index is 12.3. The number of nitrogens with zero attached hydrogens (tertiary/aromatic N) is 4. The number of nitrogens with one attached hydrogen (secondary N) is 1. The first-order chi connectivity index (χ1) is 10.7. The Labute approximate surface area is 128 Å². The average molecular weight is 301 g/mol. The quantitative estimate of drug-likeness (QED) is 0.881. The lowest BCUT2D eigenvalue weighted by molar-refractivity contribution is -0.0175. The number of likely N-dealkylation sites (N-methyl/N-ethyl adjacent to an activating group) is 1. The summed E-state index contributed by atoms with van der Waals surface area (Å²) in [6.07, 6.45) is 3.24. The normalized spacial score (nSPS) is 19.0. The van der Waals surface area contributed by atoms with Gasteiger partial charge in [-0.2, -0.15) is 0 Å². The van der Waals surface area contributed by atoms with Crippen LogP contribution in [-0.2, 0) is 4.74 Å². The van der Waals surface area contributed by atoms with Gasteiger partial charge in [-0.3, -0.25) is 9.36 Å². The van der Waals surface area contributed by atoms with Gasteiger partial charge in [0.05, 0.1) is 12.7 Å². The van der Waals surface area contributed by atoms with Crippen molar-refractivity contribution in [3.05, 3.63) is 42.5 Å². The third-order valence-electron chi connectivity index (χ3n) is 3.66. The van der Waals surface area contributed by atoms with Crippen LogP contribution in [0.4, 0.5) is 0 Å². The fourth-order valence-electron chi connectivity index (χ4n) is 2.44. The van der Waals surface area contributed by atoms with Gasteiger partial charge in [0.2, 0.25) is 0 Å². The minimum atomic E-state index is -0.105. The van der Waals surface area contributed by atoms with Crippen molar-refractivity contribution in [2.45, 2.75) is 6.10 Å². The topological polar surface area (TPSA) is 72.3 Å². The zero-order valence-electron chi connectivity index (χ0n) is 12.5. The maximum absolute atomic E-state index is 12.3. The smallest absolute Gasteiger partial charge is 0.251 e. The first-order valence-electron chi connectivity index (χ1n) is 7.26. The van der Waals surface area contributed by atoms with Crippen molar-refractivity contribution in [3.8, 4) is 5.69 Å². The summed E-state index contributed by atoms with van der Waals surface area (Å²) in [5.41, 5.74) is 1.46. The van der Waals surface area contributed by atoms with Crippen LogP contribution in [0.3, 0.4) is 0 Å². The van der Waals surface area contributed by atoms with Crippen molar-refractivity contribution < 1.29 is 9.53 Å². The van der Waals surface area contributed by atoms with Gasteiger partial charge < -0.3 is 15.0 Å². The molecule has 22 heavy (non-hydrogen) atoms. The lowest BCUT2D eigenvalue weighted by Gasteiger charge is -2.30. The number of hydrogen-bond acceptors (Lipinski definition) is 5. The fraction of sp³-hybridized carbons (Fsp3) is 0.400. The van der Waals surface area contributed by atoms with Crippen LogP contribution in [0.1, 0.15) is 10.4 Å². The first kappa shape index (κ1) is 14.7. The number of rotatable bonds is 4. The molecule has 116 valence electrons. The number of benzene rings is 1. The van der Waals surface area contributed by atoms with E-state index in [-0.39, 0.29) is 12.0 Å². The van der Waals surface area contributed by atoms with Gasteiger partial charge in [-0.05, 0) is 25.2 Å². The van der Waals surface area contributed by atoms with E-state index in [9.17, 15) is 4.79 Å². The van der Waals surface area contributed by atoms with Crippen LogP contribution >= 0.6 is 0 Å². The Hall–Kier alpha value is -2.25. The summed E-state index contributed by atoms with van der Waals surface area (Å²) in [7, 11) is 2.06. The predicted octanol–water partition coefficient (Wildman–Crippen LogP) is 0.328. The predicted molar refractivity (Wildman–Crippen MR) is 80.9 cm³/mol. The van der Waals surface area contributed by atoms with Gasteiger partial charge in [0.15, 0.2) is 0 Å². The van der Waals surface area contributed by atoms with E-state index in [2.05, 4.69) is 27.5 Å². The Balaban J connectivity index is 1.61. The van der Waals surface area contributed by atoms with Crippen LogP contribution < -0.4 is 5.32 Å². The highest BCUT2D eigenvalue weighted by Crippen LogP contribution is 2.10. The summed E-state index contributed by atoms with van der Waals surface area (Å²) in [5.74, 6) is -0.105. The van der Waals surface area contributed by atoms with Crippen molar-refractivity contribution >= 4 is 5.91 Å². The molecule has 0 saturated carbocycles. The molecule has 3 rings (SSSR count). The molecule has 1 aromatic heterocycles. The van der Waals surface area contributed by atoms with Crippen molar-refractivity contribution in [3.63, 3.8) is 0 Å². The van der Waals surface area contributed by atoms with Gasteiger partial charge in [0, 0.05) is 30.9 Å². The number of aromatic nitrogens is 3. The number of amides is 1. The summed E-state index contributed by atoms with van der Waals surface area (Å²) in [4.78, 5) is 14.5. The molecule has 0 spiro atoms. The molecule has 1 saturated heterocycles. The zero-order valence-corrected chi connectivity index (χ0v) is 12.5. The number of ether oxygens (including phenoxy) is 1. The molecule has 2 aromatic rings. The SMILES string of the molecule is CN1CCO[C@H](CNC(=O)c2cccc(-n3cnnc3)c2)C1. The molecule has 0 bridgehead atoms. The second-order valence-electron chi connectivity index (χ2n) is 5.38. The summed E-state index contributed by atoms with van der Waals surface area (Å²) < 4.78 is 7.40. The monoisotopic (exact) mass is 301 g/mol. The second kappa shape index (κ2) is 6.67. The van der Waals surface area contributed by atoms with Crippen LogP contribution in [0, 0.1) is 0 Å². The first-order valence-corrected chi connectivity index (χ1v) is 7.26. The molecule has 1 amide bonds. The highest BCUT2D eigenvalue weighted by Gasteiger charge is 2.18. The van der Waals surface area contributed by atoms with Crippen LogP contribution in [-0.4, -0.2) is 65.0 Å². The molecule has 1 fully saturated rings. The van der Waals surface area contributed by atoms with Crippen molar-refractivity contribution in [2.24, 2.45) is 0 Å². The Bertz CT molecular complexity index is 629. The van der Waals surface area contributed by atoms with Gasteiger partial charge in [-0.1, -0.05) is 6.07 Å². The Morgan fingerprint density at radius 1 is 1.41 bits per heavy atom. The number of hydrogen-bond donors (Lipinski definition) is 1. The van der Waals surface area contributed by atoms with E-state index in [0.29, 0.717) is 18.7 Å². The maximum Gasteiger partial charge on any atom is 0.251 e. The van der Waals surface area contributed by atoms with E-state index in [0.717, 1.165) is 18.8 Å². The van der Waals surface area contributed by atoms with Crippen LogP contribution in [0.5, 0.6) is 0 Å². The third-order valence-corrected chi connectivity index (χ3v) is 3.66. The molecular formula is C15H19N5O2. The molecule has 0 unspecified atom stereocenters. The van der Waals surface area contributed by atoms with E-state index in [1.165, 1.54) is 0 Å². The molecule has 1 aromatic carbocycles. The van der Waals surface area contributed by atoms with Gasteiger partial charge in [0.1, 0.15) is 12.7 Å². The Morgan fingerprint density at radius 3 is 3.00 bits per heavy atom. The number of morpholine rings is 1. The minimum Gasteiger partial charge on any atom is -0.374 e. The molecule has 0 radical (unpaired) electrons. The Morgan fingerprint density at radius 2 is 2.23 bits per heavy atom. The van der Waals surface area contributed by atoms with Crippen molar-refractivity contribution in [1.29, 1.82) is 0 Å². The molecule has 1 aliphatic rings. The zero-order chi connectivity index (χ0) is 15.4. The van der Waals surface area contributed by atoms with Crippen LogP contribution in [0.25, 0.3) is 5.69 Å². The fourth-order valence-corrected chi connectivity index (χ4v) is 2.44. The largest absolute Gasteiger partial charge is 0.374 e. The molecule has 7 heteroatoms. The second-order valence-corrected chi connectivity index (χ2v) is 5.38. The number of carbonyl (C=O) groups is 1. The van der Waals surface area contributed by atoms with Gasteiger partial charge in [-0.15, -0.1) is 10.2 Å². The van der Waals surface area contributed by atoms with Crippen molar-refractivity contribution in [2.75, 3.05) is 33.3 Å². The van der Waals surface area contributed by atoms with E-state index in [1.807, 2.05) is 18.2 Å². The summed E-state index contributed by atoms with van der Waals surface area (Å²) >= 11 is 0. The lowest BCUT2D eigenvalue weighted by Crippen LogP contribution is -2.45. The third kappa shape index (κ3) is 3.49. The van der Waals surface area contributed by atoms with E-state index in [4.69, 9.17) is 4.74 Å². The molecule has 7 nitrogen and oxygen atoms in total. The molecular weight excluding hydrogens is 282 g/mol. The minimum absolute atomic E-state index is 0.0451. The van der Waals surface area contributed by atoms with Crippen molar-refractivity contribution in [1.82, 2.24) is 25.0 Å². The molecule has 1 aliphatic heterocycles. The highest BCUT2D eigenvalue weighted by atomic mass is 16.5. The van der Waals surface area contributed by atoms with E-state index in [1.54, 1.807) is 23.3 Å². The lowest BCUT2D eigenvalue weighted by atomic mass is 10.2. The van der Waals surface area contributed by atoms with Gasteiger partial charge in [0.25, 0.3) is 5.91 Å². The molecule has 1 atom stereocenters. The molecule has 2 heterocycles. The summed E-state index contributed by atoms with van der Waals surface area (Å²) in [5, 5.41) is 10.5. The van der Waals surface area contributed by atoms with E-state index < -0.39 is 0 Å². The molecule has 1 N–H and O–H groups in total. The van der Waals surface area contributed by atoms with Gasteiger partial charge >= 0.3 is 0 Å². The van der Waals surface area contributed by atoms with Crippen LogP contribution in [0.2, 0.25) is 0 Å². The average Bonchev–Trinajstić information content (AvgIpc) is 3.07.